The molecule has 0 bridgehead atoms. The highest BCUT2D eigenvalue weighted by molar-refractivity contribution is 5.93. The van der Waals surface area contributed by atoms with Gasteiger partial charge < -0.3 is 4.74 Å². The zero-order valence-corrected chi connectivity index (χ0v) is 8.27. The van der Waals surface area contributed by atoms with Crippen molar-refractivity contribution in [2.45, 2.75) is 19.8 Å². The molecule has 4 heteroatoms. The third kappa shape index (κ3) is 3.62. The minimum absolute atomic E-state index is 0.0193. The zero-order chi connectivity index (χ0) is 10.2. The maximum absolute atomic E-state index is 11.4. The molecule has 0 aliphatic rings. The van der Waals surface area contributed by atoms with Crippen molar-refractivity contribution in [3.63, 3.8) is 0 Å². The van der Waals surface area contributed by atoms with Crippen LogP contribution in [0, 0.1) is 0 Å². The second kappa shape index (κ2) is 6.21. The molecule has 0 amide bonds. The van der Waals surface area contributed by atoms with Crippen molar-refractivity contribution in [2.24, 2.45) is 0 Å². The number of hydrogen-bond acceptors (Lipinski definition) is 4. The first-order valence-corrected chi connectivity index (χ1v) is 4.71. The number of nitrogens with zero attached hydrogens (tertiary/aromatic N) is 2. The third-order valence-electron chi connectivity index (χ3n) is 1.67. The van der Waals surface area contributed by atoms with Crippen molar-refractivity contribution < 1.29 is 9.53 Å². The van der Waals surface area contributed by atoms with Gasteiger partial charge in [-0.15, -0.1) is 0 Å². The van der Waals surface area contributed by atoms with Crippen molar-refractivity contribution in [1.82, 2.24) is 9.97 Å². The quantitative estimate of drug-likeness (QED) is 0.508. The van der Waals surface area contributed by atoms with Crippen molar-refractivity contribution in [2.75, 3.05) is 13.2 Å². The smallest absolute Gasteiger partial charge is 0.185 e. The summed E-state index contributed by atoms with van der Waals surface area (Å²) in [5, 5.41) is 0. The Morgan fingerprint density at radius 2 is 2.29 bits per heavy atom. The molecule has 0 saturated heterocycles. The summed E-state index contributed by atoms with van der Waals surface area (Å²) in [7, 11) is 0. The first kappa shape index (κ1) is 10.8. The standard InChI is InChI=1S/C10H14N2O2/c1-2-6-14-7-3-10(13)9-8-11-4-5-12-9/h4-5,8H,2-3,6-7H2,1H3. The lowest BCUT2D eigenvalue weighted by Gasteiger charge is -2.00. The van der Waals surface area contributed by atoms with Gasteiger partial charge >= 0.3 is 0 Å². The van der Waals surface area contributed by atoms with Crippen molar-refractivity contribution >= 4 is 5.78 Å². The van der Waals surface area contributed by atoms with Gasteiger partial charge in [0.1, 0.15) is 5.69 Å². The van der Waals surface area contributed by atoms with Gasteiger partial charge in [0, 0.05) is 25.4 Å². The van der Waals surface area contributed by atoms with E-state index in [1.165, 1.54) is 12.4 Å². The van der Waals surface area contributed by atoms with Crippen LogP contribution in [0.3, 0.4) is 0 Å². The molecule has 1 heterocycles. The number of carbonyl (C=O) groups is 1. The van der Waals surface area contributed by atoms with Gasteiger partial charge in [0.15, 0.2) is 5.78 Å². The van der Waals surface area contributed by atoms with E-state index in [2.05, 4.69) is 9.97 Å². The summed E-state index contributed by atoms with van der Waals surface area (Å²) in [6.45, 7) is 3.20. The number of hydrogen-bond donors (Lipinski definition) is 0. The molecule has 14 heavy (non-hydrogen) atoms. The maximum Gasteiger partial charge on any atom is 0.185 e. The normalized spacial score (nSPS) is 10.1. The molecular formula is C10H14N2O2. The van der Waals surface area contributed by atoms with E-state index in [4.69, 9.17) is 4.74 Å². The summed E-state index contributed by atoms with van der Waals surface area (Å²) in [6.07, 6.45) is 5.88. The van der Waals surface area contributed by atoms with Crippen molar-refractivity contribution in [1.29, 1.82) is 0 Å². The molecule has 1 aromatic heterocycles. The van der Waals surface area contributed by atoms with Crippen LogP contribution in [0.15, 0.2) is 18.6 Å². The Balaban J connectivity index is 2.29. The highest BCUT2D eigenvalue weighted by Crippen LogP contribution is 1.97. The van der Waals surface area contributed by atoms with Crippen molar-refractivity contribution in [3.05, 3.63) is 24.3 Å². The van der Waals surface area contributed by atoms with E-state index in [1.807, 2.05) is 6.92 Å². The molecule has 0 N–H and O–H groups in total. The summed E-state index contributed by atoms with van der Waals surface area (Å²) in [5.41, 5.74) is 0.410. The van der Waals surface area contributed by atoms with Gasteiger partial charge in [0.2, 0.25) is 0 Å². The summed E-state index contributed by atoms with van der Waals surface area (Å²) in [5.74, 6) is -0.0193. The topological polar surface area (TPSA) is 52.1 Å². The van der Waals surface area contributed by atoms with Gasteiger partial charge in [-0.1, -0.05) is 6.92 Å². The van der Waals surface area contributed by atoms with E-state index in [0.717, 1.165) is 6.42 Å². The van der Waals surface area contributed by atoms with Gasteiger partial charge in [-0.05, 0) is 6.42 Å². The fraction of sp³-hybridized carbons (Fsp3) is 0.500. The molecule has 0 aromatic carbocycles. The van der Waals surface area contributed by atoms with E-state index >= 15 is 0 Å². The molecule has 0 spiro atoms. The number of ketones is 1. The van der Waals surface area contributed by atoms with Crippen molar-refractivity contribution in [3.8, 4) is 0 Å². The second-order valence-corrected chi connectivity index (χ2v) is 2.88. The van der Waals surface area contributed by atoms with Crippen LogP contribution in [-0.2, 0) is 4.74 Å². The first-order valence-electron chi connectivity index (χ1n) is 4.71. The van der Waals surface area contributed by atoms with Crippen LogP contribution in [0.4, 0.5) is 0 Å². The molecule has 0 fully saturated rings. The highest BCUT2D eigenvalue weighted by Gasteiger charge is 2.05. The Kier molecular flexibility index (Phi) is 4.78. The Morgan fingerprint density at radius 3 is 2.93 bits per heavy atom. The van der Waals surface area contributed by atoms with E-state index < -0.39 is 0 Å². The van der Waals surface area contributed by atoms with Crippen LogP contribution in [-0.4, -0.2) is 29.0 Å². The molecular weight excluding hydrogens is 180 g/mol. The molecule has 4 nitrogen and oxygen atoms in total. The SMILES string of the molecule is CCCOCCC(=O)c1cnccn1. The number of carbonyl (C=O) groups excluding carboxylic acids is 1. The molecule has 1 aromatic rings. The lowest BCUT2D eigenvalue weighted by Crippen LogP contribution is -2.07. The number of rotatable bonds is 6. The molecule has 0 saturated carbocycles. The zero-order valence-electron chi connectivity index (χ0n) is 8.27. The fourth-order valence-corrected chi connectivity index (χ4v) is 0.982. The average molecular weight is 194 g/mol. The Labute approximate surface area is 83.3 Å². The number of Topliss-reactive ketones (excluding diaryl/α,β-unsaturated/α-hetero) is 1. The summed E-state index contributed by atoms with van der Waals surface area (Å²) < 4.78 is 5.21. The number of ether oxygens (including phenoxy) is 1. The summed E-state index contributed by atoms with van der Waals surface area (Å²) >= 11 is 0. The molecule has 0 aliphatic carbocycles. The van der Waals surface area contributed by atoms with Gasteiger partial charge in [-0.25, -0.2) is 4.98 Å². The van der Waals surface area contributed by atoms with E-state index in [0.29, 0.717) is 25.3 Å². The highest BCUT2D eigenvalue weighted by atomic mass is 16.5. The Hall–Kier alpha value is -1.29. The molecule has 0 radical (unpaired) electrons. The van der Waals surface area contributed by atoms with Gasteiger partial charge in [-0.3, -0.25) is 9.78 Å². The van der Waals surface area contributed by atoms with Crippen LogP contribution in [0.1, 0.15) is 30.3 Å². The summed E-state index contributed by atoms with van der Waals surface area (Å²) in [6, 6.07) is 0. The predicted molar refractivity (Wildman–Crippen MR) is 52.1 cm³/mol. The monoisotopic (exact) mass is 194 g/mol. The Bertz CT molecular complexity index is 275. The minimum Gasteiger partial charge on any atom is -0.381 e. The minimum atomic E-state index is -0.0193. The van der Waals surface area contributed by atoms with E-state index in [-0.39, 0.29) is 5.78 Å². The average Bonchev–Trinajstić information content (AvgIpc) is 2.25. The van der Waals surface area contributed by atoms with Crippen LogP contribution in [0.2, 0.25) is 0 Å². The summed E-state index contributed by atoms with van der Waals surface area (Å²) in [4.78, 5) is 19.2. The number of aromatic nitrogens is 2. The predicted octanol–water partition coefficient (Wildman–Crippen LogP) is 1.48. The molecule has 0 unspecified atom stereocenters. The van der Waals surface area contributed by atoms with Gasteiger partial charge in [0.25, 0.3) is 0 Å². The molecule has 1 rings (SSSR count). The lowest BCUT2D eigenvalue weighted by atomic mass is 10.2. The van der Waals surface area contributed by atoms with E-state index in [1.54, 1.807) is 6.20 Å². The van der Waals surface area contributed by atoms with Crippen LogP contribution >= 0.6 is 0 Å². The van der Waals surface area contributed by atoms with Crippen LogP contribution in [0.25, 0.3) is 0 Å². The maximum atomic E-state index is 11.4. The largest absolute Gasteiger partial charge is 0.381 e. The third-order valence-corrected chi connectivity index (χ3v) is 1.67. The Morgan fingerprint density at radius 1 is 1.43 bits per heavy atom. The fourth-order valence-electron chi connectivity index (χ4n) is 0.982. The molecule has 0 atom stereocenters. The molecule has 76 valence electrons. The van der Waals surface area contributed by atoms with Gasteiger partial charge in [0.05, 0.1) is 12.8 Å². The van der Waals surface area contributed by atoms with Crippen LogP contribution in [0.5, 0.6) is 0 Å². The van der Waals surface area contributed by atoms with Crippen LogP contribution < -0.4 is 0 Å². The molecule has 0 aliphatic heterocycles. The second-order valence-electron chi connectivity index (χ2n) is 2.88. The lowest BCUT2D eigenvalue weighted by molar-refractivity contribution is 0.0874. The van der Waals surface area contributed by atoms with Gasteiger partial charge in [-0.2, -0.15) is 0 Å². The first-order chi connectivity index (χ1) is 6.84. The van der Waals surface area contributed by atoms with E-state index in [9.17, 15) is 4.79 Å².